The Morgan fingerprint density at radius 2 is 1.76 bits per heavy atom. The molecule has 4 heteroatoms. The Morgan fingerprint density at radius 3 is 2.45 bits per heavy atom. The van der Waals surface area contributed by atoms with Gasteiger partial charge in [0.2, 0.25) is 0 Å². The van der Waals surface area contributed by atoms with Crippen molar-refractivity contribution in [1.29, 1.82) is 0 Å². The van der Waals surface area contributed by atoms with E-state index in [-0.39, 0.29) is 11.3 Å². The summed E-state index contributed by atoms with van der Waals surface area (Å²) >= 11 is 0. The van der Waals surface area contributed by atoms with Gasteiger partial charge >= 0.3 is 0 Å². The highest BCUT2D eigenvalue weighted by Crippen LogP contribution is 2.45. The molecule has 4 aromatic rings. The van der Waals surface area contributed by atoms with E-state index in [9.17, 15) is 9.90 Å². The number of benzene rings is 3. The number of aryl methyl sites for hydroxylation is 2. The van der Waals surface area contributed by atoms with Gasteiger partial charge in [-0.15, -0.1) is 0 Å². The predicted octanol–water partition coefficient (Wildman–Crippen LogP) is 4.79. The molecule has 0 fully saturated rings. The van der Waals surface area contributed by atoms with Gasteiger partial charge in [-0.2, -0.15) is 0 Å². The van der Waals surface area contributed by atoms with Gasteiger partial charge in [0.25, 0.3) is 0 Å². The summed E-state index contributed by atoms with van der Waals surface area (Å²) in [6.07, 6.45) is -0.664. The first-order valence-corrected chi connectivity index (χ1v) is 10.1. The van der Waals surface area contributed by atoms with Crippen molar-refractivity contribution in [2.75, 3.05) is 0 Å². The number of hydrogen-bond donors (Lipinski definition) is 1. The van der Waals surface area contributed by atoms with Crippen LogP contribution in [0.5, 0.6) is 5.75 Å². The quantitative estimate of drug-likeness (QED) is 0.442. The maximum absolute atomic E-state index is 13.6. The van der Waals surface area contributed by atoms with Crippen LogP contribution in [0.15, 0.2) is 47.3 Å². The number of aliphatic hydroxyl groups excluding tert-OH is 1. The Bertz CT molecular complexity index is 1380. The summed E-state index contributed by atoms with van der Waals surface area (Å²) in [5, 5.41) is 14.5. The summed E-state index contributed by atoms with van der Waals surface area (Å²) in [7, 11) is 2.00. The molecule has 2 unspecified atom stereocenters. The minimum atomic E-state index is -0.682. The normalized spacial score (nSPS) is 20.8. The molecule has 29 heavy (non-hydrogen) atoms. The van der Waals surface area contributed by atoms with E-state index in [0.717, 1.165) is 38.7 Å². The van der Waals surface area contributed by atoms with Crippen molar-refractivity contribution < 1.29 is 9.84 Å². The van der Waals surface area contributed by atoms with Crippen molar-refractivity contribution in [3.05, 3.63) is 63.8 Å². The summed E-state index contributed by atoms with van der Waals surface area (Å²) in [6.45, 7) is 7.78. The van der Waals surface area contributed by atoms with Crippen LogP contribution in [0.25, 0.3) is 32.6 Å². The number of hydrogen-bond acceptors (Lipinski definition) is 3. The molecule has 148 valence electrons. The molecule has 1 N–H and O–H groups in total. The molecule has 1 aromatic heterocycles. The lowest BCUT2D eigenvalue weighted by Crippen LogP contribution is -2.48. The number of nitrogens with zero attached hydrogens (tertiary/aromatic N) is 1. The molecule has 4 nitrogen and oxygen atoms in total. The molecular formula is C25H25NO3. The van der Waals surface area contributed by atoms with E-state index in [2.05, 4.69) is 16.7 Å². The highest BCUT2D eigenvalue weighted by Gasteiger charge is 2.42. The first kappa shape index (κ1) is 18.2. The van der Waals surface area contributed by atoms with E-state index >= 15 is 0 Å². The summed E-state index contributed by atoms with van der Waals surface area (Å²) in [5.41, 5.74) is 2.90. The van der Waals surface area contributed by atoms with Gasteiger partial charge in [-0.3, -0.25) is 4.79 Å². The second-order valence-corrected chi connectivity index (χ2v) is 8.87. The van der Waals surface area contributed by atoms with Crippen molar-refractivity contribution in [2.45, 2.75) is 45.3 Å². The molecule has 0 bridgehead atoms. The smallest absolute Gasteiger partial charge is 0.197 e. The minimum absolute atomic E-state index is 0.0330. The molecule has 1 aliphatic rings. The van der Waals surface area contributed by atoms with Crippen LogP contribution in [-0.4, -0.2) is 21.4 Å². The van der Waals surface area contributed by atoms with Crippen LogP contribution in [0, 0.1) is 6.92 Å². The lowest BCUT2D eigenvalue weighted by molar-refractivity contribution is -0.0545. The number of ether oxygens (including phenoxy) is 1. The fourth-order valence-electron chi connectivity index (χ4n) is 4.99. The zero-order chi connectivity index (χ0) is 20.7. The molecule has 3 aromatic carbocycles. The van der Waals surface area contributed by atoms with Crippen molar-refractivity contribution >= 4 is 32.6 Å². The SMILES string of the molecule is Cc1cc2c(c3c1c(=O)c1cc4ccccc4cc1n3C)C(C)C(O)C(C)(C)O2. The zero-order valence-electron chi connectivity index (χ0n) is 17.4. The number of aromatic nitrogens is 1. The molecule has 0 spiro atoms. The van der Waals surface area contributed by atoms with Crippen LogP contribution in [0.2, 0.25) is 0 Å². The molecular weight excluding hydrogens is 362 g/mol. The summed E-state index contributed by atoms with van der Waals surface area (Å²) in [4.78, 5) is 13.6. The van der Waals surface area contributed by atoms with E-state index in [1.54, 1.807) is 0 Å². The number of rotatable bonds is 0. The van der Waals surface area contributed by atoms with Crippen LogP contribution in [0.3, 0.4) is 0 Å². The third-order valence-corrected chi connectivity index (χ3v) is 6.55. The van der Waals surface area contributed by atoms with Crippen LogP contribution < -0.4 is 10.2 Å². The van der Waals surface area contributed by atoms with Crippen LogP contribution in [0.4, 0.5) is 0 Å². The minimum Gasteiger partial charge on any atom is -0.485 e. The molecule has 0 radical (unpaired) electrons. The maximum atomic E-state index is 13.6. The Morgan fingerprint density at radius 1 is 1.10 bits per heavy atom. The molecule has 5 rings (SSSR count). The monoisotopic (exact) mass is 387 g/mol. The molecule has 0 aliphatic carbocycles. The first-order valence-electron chi connectivity index (χ1n) is 10.1. The number of pyridine rings is 1. The molecule has 0 amide bonds. The third-order valence-electron chi connectivity index (χ3n) is 6.55. The van der Waals surface area contributed by atoms with E-state index in [0.29, 0.717) is 10.8 Å². The molecule has 1 aliphatic heterocycles. The Hall–Kier alpha value is -2.85. The van der Waals surface area contributed by atoms with Crippen LogP contribution in [-0.2, 0) is 7.05 Å². The van der Waals surface area contributed by atoms with Gasteiger partial charge in [-0.1, -0.05) is 31.2 Å². The fraction of sp³-hybridized carbons (Fsp3) is 0.320. The molecule has 2 atom stereocenters. The van der Waals surface area contributed by atoms with E-state index in [1.165, 1.54) is 0 Å². The largest absolute Gasteiger partial charge is 0.485 e. The van der Waals surface area contributed by atoms with Crippen LogP contribution in [0.1, 0.15) is 37.8 Å². The van der Waals surface area contributed by atoms with Crippen molar-refractivity contribution in [1.82, 2.24) is 4.57 Å². The lowest BCUT2D eigenvalue weighted by atomic mass is 9.81. The fourth-order valence-corrected chi connectivity index (χ4v) is 4.99. The van der Waals surface area contributed by atoms with Crippen LogP contribution >= 0.6 is 0 Å². The third kappa shape index (κ3) is 2.39. The highest BCUT2D eigenvalue weighted by molar-refractivity contribution is 6.03. The second kappa shape index (κ2) is 5.83. The lowest BCUT2D eigenvalue weighted by Gasteiger charge is -2.41. The van der Waals surface area contributed by atoms with Gasteiger partial charge in [0.05, 0.1) is 17.1 Å². The summed E-state index contributed by atoms with van der Waals surface area (Å²) < 4.78 is 8.30. The van der Waals surface area contributed by atoms with Gasteiger partial charge in [0, 0.05) is 29.3 Å². The Balaban J connectivity index is 2.00. The topological polar surface area (TPSA) is 51.5 Å². The zero-order valence-corrected chi connectivity index (χ0v) is 17.4. The van der Waals surface area contributed by atoms with Gasteiger partial charge in [0.15, 0.2) is 5.43 Å². The Labute approximate surface area is 169 Å². The van der Waals surface area contributed by atoms with Crippen molar-refractivity contribution in [2.24, 2.45) is 7.05 Å². The van der Waals surface area contributed by atoms with Gasteiger partial charge in [-0.05, 0) is 55.3 Å². The standard InChI is InChI=1S/C25H25NO3/c1-13-10-19-21(14(2)24(28)25(3,4)29-19)22-20(13)23(27)17-11-15-8-6-7-9-16(15)12-18(17)26(22)5/h6-12,14,24,28H,1-5H3. The van der Waals surface area contributed by atoms with Gasteiger partial charge in [0.1, 0.15) is 11.4 Å². The predicted molar refractivity (Wildman–Crippen MR) is 118 cm³/mol. The number of fused-ring (bicyclic) bond motifs is 5. The summed E-state index contributed by atoms with van der Waals surface area (Å²) in [5.74, 6) is 0.605. The van der Waals surface area contributed by atoms with Gasteiger partial charge < -0.3 is 14.4 Å². The second-order valence-electron chi connectivity index (χ2n) is 8.87. The first-order chi connectivity index (χ1) is 13.7. The van der Waals surface area contributed by atoms with E-state index < -0.39 is 11.7 Å². The molecule has 0 saturated heterocycles. The average Bonchev–Trinajstić information content (AvgIpc) is 2.68. The molecule has 2 heterocycles. The summed E-state index contributed by atoms with van der Waals surface area (Å²) in [6, 6.07) is 14.1. The highest BCUT2D eigenvalue weighted by atomic mass is 16.5. The Kier molecular flexibility index (Phi) is 3.66. The number of aliphatic hydroxyl groups is 1. The van der Waals surface area contributed by atoms with E-state index in [4.69, 9.17) is 4.74 Å². The van der Waals surface area contributed by atoms with Crippen molar-refractivity contribution in [3.63, 3.8) is 0 Å². The van der Waals surface area contributed by atoms with E-state index in [1.807, 2.05) is 65.1 Å². The van der Waals surface area contributed by atoms with Gasteiger partial charge in [-0.25, -0.2) is 0 Å². The molecule has 0 saturated carbocycles. The average molecular weight is 387 g/mol. The maximum Gasteiger partial charge on any atom is 0.197 e. The van der Waals surface area contributed by atoms with Crippen molar-refractivity contribution in [3.8, 4) is 5.75 Å².